The molecule has 9 aromatic rings. The van der Waals surface area contributed by atoms with Crippen molar-refractivity contribution in [3.8, 4) is 56.4 Å². The van der Waals surface area contributed by atoms with Crippen molar-refractivity contribution in [3.63, 3.8) is 0 Å². The van der Waals surface area contributed by atoms with Gasteiger partial charge in [-0.3, -0.25) is 0 Å². The molecule has 2 aromatic heterocycles. The molecular formula is C45H31N3OSi. The lowest BCUT2D eigenvalue weighted by Gasteiger charge is -2.19. The molecule has 3 heterocycles. The van der Waals surface area contributed by atoms with Crippen molar-refractivity contribution in [1.82, 2.24) is 15.0 Å². The SMILES string of the molecule is [2H]c1c([2H])c([2H])c2c(c1[2H])-c1c(cc(-c3nc(-c4ccccc4)nc(-c4cccc(-c5ccccc5)c4)n3)c3c1oc1c4c([2H])c([2H])c([2H])c([2H])c4c([2H])c([2H])c13)[Si]2(C([2H])([2H])[2H])C([2H])([2H])[2H]. The van der Waals surface area contributed by atoms with Crippen LogP contribution in [0.25, 0.3) is 89.1 Å². The van der Waals surface area contributed by atoms with Gasteiger partial charge in [0.25, 0.3) is 0 Å². The number of benzene rings is 7. The van der Waals surface area contributed by atoms with Gasteiger partial charge in [0, 0.05) is 46.6 Å². The average molecular weight is 674 g/mol. The van der Waals surface area contributed by atoms with Crippen LogP contribution in [0.4, 0.5) is 0 Å². The second-order valence-electron chi connectivity index (χ2n) is 12.0. The van der Waals surface area contributed by atoms with Crippen molar-refractivity contribution in [2.45, 2.75) is 13.0 Å². The molecule has 0 bridgehead atoms. The molecule has 236 valence electrons. The lowest BCUT2D eigenvalue weighted by Crippen LogP contribution is -2.49. The molecule has 0 N–H and O–H groups in total. The third-order valence-electron chi connectivity index (χ3n) is 9.04. The Morgan fingerprint density at radius 1 is 0.540 bits per heavy atom. The molecular weight excluding hydrogens is 627 g/mol. The first kappa shape index (κ1) is 17.0. The zero-order valence-corrected chi connectivity index (χ0v) is 26.9. The molecule has 1 aliphatic heterocycles. The molecule has 0 atom stereocenters. The third kappa shape index (κ3) is 4.33. The molecule has 50 heavy (non-hydrogen) atoms. The van der Waals surface area contributed by atoms with Crippen LogP contribution in [0.2, 0.25) is 13.0 Å². The van der Waals surface area contributed by atoms with E-state index in [-0.39, 0.29) is 66.5 Å². The summed E-state index contributed by atoms with van der Waals surface area (Å²) in [4.78, 5) is 14.7. The molecule has 0 spiro atoms. The number of hydrogen-bond acceptors (Lipinski definition) is 4. The normalized spacial score (nSPS) is 18.2. The van der Waals surface area contributed by atoms with Crippen LogP contribution < -0.4 is 10.4 Å². The first-order valence-electron chi connectivity index (χ1n) is 23.7. The van der Waals surface area contributed by atoms with Gasteiger partial charge in [0.15, 0.2) is 17.5 Å². The van der Waals surface area contributed by atoms with E-state index < -0.39 is 92.2 Å². The van der Waals surface area contributed by atoms with E-state index in [1.54, 1.807) is 36.4 Å². The van der Waals surface area contributed by atoms with Crippen molar-refractivity contribution in [3.05, 3.63) is 151 Å². The monoisotopic (exact) mass is 673 g/mol. The summed E-state index contributed by atoms with van der Waals surface area (Å²) in [6.07, 6.45) is 0. The fourth-order valence-corrected chi connectivity index (χ4v) is 8.77. The largest absolute Gasteiger partial charge is 0.455 e. The number of rotatable bonds is 4. The number of hydrogen-bond donors (Lipinski definition) is 0. The summed E-state index contributed by atoms with van der Waals surface area (Å²) in [7, 11) is -5.50. The molecule has 5 heteroatoms. The molecule has 0 saturated carbocycles. The maximum Gasteiger partial charge on any atom is 0.164 e. The molecule has 0 unspecified atom stereocenters. The lowest BCUT2D eigenvalue weighted by atomic mass is 9.97. The molecule has 0 saturated heterocycles. The fraction of sp³-hybridized carbons (Fsp3) is 0.0444. The third-order valence-corrected chi connectivity index (χ3v) is 11.4. The van der Waals surface area contributed by atoms with Gasteiger partial charge in [-0.2, -0.15) is 0 Å². The highest BCUT2D eigenvalue weighted by Crippen LogP contribution is 2.45. The number of aromatic nitrogens is 3. The van der Waals surface area contributed by atoms with Gasteiger partial charge in [-0.15, -0.1) is 0 Å². The van der Waals surface area contributed by atoms with Crippen LogP contribution >= 0.6 is 0 Å². The number of fused-ring (bicyclic) bond motifs is 9. The van der Waals surface area contributed by atoms with Crippen molar-refractivity contribution in [2.24, 2.45) is 0 Å². The number of nitrogens with zero attached hydrogens (tertiary/aromatic N) is 3. The van der Waals surface area contributed by atoms with Crippen molar-refractivity contribution < 1.29 is 26.3 Å². The Kier molecular flexibility index (Phi) is 3.71. The molecule has 0 fully saturated rings. The van der Waals surface area contributed by atoms with Crippen LogP contribution in [-0.4, -0.2) is 23.0 Å². The summed E-state index contributed by atoms with van der Waals surface area (Å²) in [5, 5.41) is -1.90. The standard InChI is InChI=1S/C45H31N3OSi/c1-50(2)37-23-12-11-22-34(37)40-38(50)27-36(39-35-25-24-29-16-9-10-21-33(29)41(35)49-42(39)40)45-47-43(30-17-7-4-8-18-30)46-44(48-45)32-20-13-19-31(26-32)28-14-5-3-6-15-28/h3-27H,1-2H3/i1D3,2D3,9D,10D,11D,12D,16D,21D,22D,23D,24D,25D. The van der Waals surface area contributed by atoms with Gasteiger partial charge in [0.05, 0.1) is 13.7 Å². The van der Waals surface area contributed by atoms with E-state index in [0.29, 0.717) is 11.1 Å². The minimum absolute atomic E-state index is 0.0926. The summed E-state index contributed by atoms with van der Waals surface area (Å²) in [6.45, 7) is -6.82. The van der Waals surface area contributed by atoms with Crippen molar-refractivity contribution in [2.75, 3.05) is 0 Å². The maximum absolute atomic E-state index is 9.49. The topological polar surface area (TPSA) is 51.8 Å². The van der Waals surface area contributed by atoms with Gasteiger partial charge in [-0.05, 0) is 50.6 Å². The van der Waals surface area contributed by atoms with E-state index in [1.165, 1.54) is 6.07 Å². The zero-order chi connectivity index (χ0) is 47.1. The molecule has 0 amide bonds. The van der Waals surface area contributed by atoms with Crippen LogP contribution in [0.3, 0.4) is 0 Å². The van der Waals surface area contributed by atoms with E-state index in [0.717, 1.165) is 11.1 Å². The Morgan fingerprint density at radius 2 is 1.22 bits per heavy atom. The van der Waals surface area contributed by atoms with Gasteiger partial charge in [-0.25, -0.2) is 15.0 Å². The predicted octanol–water partition coefficient (Wildman–Crippen LogP) is 10.4. The van der Waals surface area contributed by atoms with E-state index in [4.69, 9.17) is 35.8 Å². The minimum Gasteiger partial charge on any atom is -0.455 e. The highest BCUT2D eigenvalue weighted by molar-refractivity contribution is 7.04. The second-order valence-corrected chi connectivity index (χ2v) is 14.5. The van der Waals surface area contributed by atoms with E-state index >= 15 is 0 Å². The van der Waals surface area contributed by atoms with Gasteiger partial charge in [-0.1, -0.05) is 146 Å². The highest BCUT2D eigenvalue weighted by Gasteiger charge is 2.40. The zero-order valence-electron chi connectivity index (χ0n) is 41.9. The molecule has 10 rings (SSSR count). The predicted molar refractivity (Wildman–Crippen MR) is 209 cm³/mol. The van der Waals surface area contributed by atoms with Gasteiger partial charge < -0.3 is 4.42 Å². The molecule has 7 aromatic carbocycles. The summed E-state index contributed by atoms with van der Waals surface area (Å²) >= 11 is 0. The highest BCUT2D eigenvalue weighted by atomic mass is 28.3. The van der Waals surface area contributed by atoms with E-state index in [1.807, 2.05) is 48.5 Å². The van der Waals surface area contributed by atoms with E-state index in [2.05, 4.69) is 0 Å². The average Bonchev–Trinajstić information content (AvgIpc) is 3.86. The minimum atomic E-state index is -5.50. The quantitative estimate of drug-likeness (QED) is 0.175. The summed E-state index contributed by atoms with van der Waals surface area (Å²) in [5.41, 5.74) is 1.25. The maximum atomic E-state index is 9.49. The van der Waals surface area contributed by atoms with Crippen LogP contribution in [0.15, 0.2) is 156 Å². The summed E-state index contributed by atoms with van der Waals surface area (Å²) in [5.74, 6) is 0.0879. The van der Waals surface area contributed by atoms with Crippen molar-refractivity contribution >= 4 is 51.2 Å². The fourth-order valence-electron chi connectivity index (χ4n) is 6.72. The summed E-state index contributed by atoms with van der Waals surface area (Å²) in [6, 6.07) is 20.0. The Morgan fingerprint density at radius 3 is 2.04 bits per heavy atom. The number of furan rings is 1. The van der Waals surface area contributed by atoms with Crippen molar-refractivity contribution in [1.29, 1.82) is 0 Å². The first-order valence-corrected chi connectivity index (χ1v) is 17.7. The Labute approximate surface area is 313 Å². The Bertz CT molecular complexity index is 3560. The van der Waals surface area contributed by atoms with Crippen LogP contribution in [0, 0.1) is 0 Å². The smallest absolute Gasteiger partial charge is 0.164 e. The first-order chi connectivity index (χ1) is 31.2. The summed E-state index contributed by atoms with van der Waals surface area (Å²) < 4.78 is 150. The lowest BCUT2D eigenvalue weighted by molar-refractivity contribution is 0.674. The molecule has 4 nitrogen and oxygen atoms in total. The second kappa shape index (κ2) is 10.9. The van der Waals surface area contributed by atoms with Gasteiger partial charge >= 0.3 is 0 Å². The van der Waals surface area contributed by atoms with Gasteiger partial charge in [0.2, 0.25) is 0 Å². The van der Waals surface area contributed by atoms with Crippen LogP contribution in [0.1, 0.15) is 21.9 Å². The van der Waals surface area contributed by atoms with E-state index in [9.17, 15) is 5.48 Å². The molecule has 0 aliphatic carbocycles. The Hall–Kier alpha value is -6.17. The Balaban J connectivity index is 1.46. The van der Waals surface area contributed by atoms with Gasteiger partial charge in [0.1, 0.15) is 19.2 Å². The van der Waals surface area contributed by atoms with Crippen LogP contribution in [0.5, 0.6) is 0 Å². The van der Waals surface area contributed by atoms with Crippen LogP contribution in [-0.2, 0) is 0 Å². The molecule has 0 radical (unpaired) electrons. The molecule has 1 aliphatic rings.